The van der Waals surface area contributed by atoms with Crippen molar-refractivity contribution in [1.29, 1.82) is 5.26 Å². The highest BCUT2D eigenvalue weighted by Gasteiger charge is 2.28. The predicted octanol–water partition coefficient (Wildman–Crippen LogP) is 5.92. The van der Waals surface area contributed by atoms with Crippen LogP contribution in [-0.2, 0) is 0 Å². The number of rotatable bonds is 7. The average molecular weight is 472 g/mol. The van der Waals surface area contributed by atoms with Crippen molar-refractivity contribution in [1.82, 2.24) is 14.8 Å². The second-order valence-electron chi connectivity index (χ2n) is 9.33. The summed E-state index contributed by atoms with van der Waals surface area (Å²) in [5.74, 6) is -0.0196. The SMILES string of the molecule is CCN(CC)C(=O)c1ccc2c(c1)c(C#N)c(-c1ccc(NC(=O)NC(C)C)cc1)n2C1CCC1. The van der Waals surface area contributed by atoms with Gasteiger partial charge in [-0.05, 0) is 82.9 Å². The molecular formula is C28H33N5O2. The number of amides is 3. The number of nitrogens with zero attached hydrogens (tertiary/aromatic N) is 3. The number of hydrogen-bond donors (Lipinski definition) is 2. The largest absolute Gasteiger partial charge is 0.339 e. The van der Waals surface area contributed by atoms with E-state index in [-0.39, 0.29) is 18.0 Å². The van der Waals surface area contributed by atoms with E-state index in [2.05, 4.69) is 21.3 Å². The van der Waals surface area contributed by atoms with Crippen LogP contribution in [0.25, 0.3) is 22.2 Å². The topological polar surface area (TPSA) is 90.2 Å². The van der Waals surface area contributed by atoms with Gasteiger partial charge >= 0.3 is 6.03 Å². The number of carbonyl (C=O) groups excluding carboxylic acids is 2. The van der Waals surface area contributed by atoms with E-state index in [1.165, 1.54) is 0 Å². The molecule has 0 atom stereocenters. The smallest absolute Gasteiger partial charge is 0.319 e. The van der Waals surface area contributed by atoms with Gasteiger partial charge in [-0.15, -0.1) is 0 Å². The Morgan fingerprint density at radius 3 is 2.34 bits per heavy atom. The molecule has 4 rings (SSSR count). The van der Waals surface area contributed by atoms with E-state index in [0.717, 1.165) is 41.4 Å². The van der Waals surface area contributed by atoms with Crippen LogP contribution in [0, 0.1) is 11.3 Å². The highest BCUT2D eigenvalue weighted by Crippen LogP contribution is 2.43. The molecule has 1 saturated carbocycles. The number of nitriles is 1. The molecule has 3 aromatic rings. The van der Waals surface area contributed by atoms with Gasteiger partial charge in [0.2, 0.25) is 0 Å². The van der Waals surface area contributed by atoms with Gasteiger partial charge in [-0.1, -0.05) is 12.1 Å². The van der Waals surface area contributed by atoms with Gasteiger partial charge in [0.25, 0.3) is 5.91 Å². The molecule has 7 heteroatoms. The number of carbonyl (C=O) groups is 2. The molecule has 0 saturated heterocycles. The second-order valence-corrected chi connectivity index (χ2v) is 9.33. The normalized spacial score (nSPS) is 13.4. The molecule has 0 aliphatic heterocycles. The van der Waals surface area contributed by atoms with E-state index < -0.39 is 0 Å². The van der Waals surface area contributed by atoms with Crippen LogP contribution in [0.4, 0.5) is 10.5 Å². The van der Waals surface area contributed by atoms with Gasteiger partial charge in [0, 0.05) is 41.8 Å². The minimum absolute atomic E-state index is 0.0196. The molecule has 0 unspecified atom stereocenters. The lowest BCUT2D eigenvalue weighted by atomic mass is 9.92. The van der Waals surface area contributed by atoms with Crippen molar-refractivity contribution in [2.24, 2.45) is 0 Å². The minimum Gasteiger partial charge on any atom is -0.339 e. The Labute approximate surface area is 206 Å². The van der Waals surface area contributed by atoms with Crippen molar-refractivity contribution in [3.8, 4) is 17.3 Å². The standard InChI is InChI=1S/C28H33N5O2/c1-5-32(6-2)27(34)20-12-15-25-23(16-20)24(17-29)26(33(25)22-8-7-9-22)19-10-13-21(14-11-19)31-28(35)30-18(3)4/h10-16,18,22H,5-9H2,1-4H3,(H2,30,31,35). The fourth-order valence-electron chi connectivity index (χ4n) is 4.70. The summed E-state index contributed by atoms with van der Waals surface area (Å²) in [6.07, 6.45) is 3.30. The first-order chi connectivity index (χ1) is 16.9. The Kier molecular flexibility index (Phi) is 7.11. The van der Waals surface area contributed by atoms with E-state index in [1.807, 2.05) is 70.2 Å². The molecule has 0 spiro atoms. The fraction of sp³-hybridized carbons (Fsp3) is 0.393. The van der Waals surface area contributed by atoms with Crippen molar-refractivity contribution in [3.63, 3.8) is 0 Å². The maximum absolute atomic E-state index is 13.0. The van der Waals surface area contributed by atoms with Crippen LogP contribution in [-0.4, -0.2) is 40.5 Å². The van der Waals surface area contributed by atoms with Gasteiger partial charge in [0.15, 0.2) is 0 Å². The zero-order chi connectivity index (χ0) is 25.1. The summed E-state index contributed by atoms with van der Waals surface area (Å²) in [4.78, 5) is 26.9. The summed E-state index contributed by atoms with van der Waals surface area (Å²) in [5.41, 5.74) is 4.64. The van der Waals surface area contributed by atoms with Gasteiger partial charge in [-0.3, -0.25) is 4.79 Å². The van der Waals surface area contributed by atoms with Gasteiger partial charge < -0.3 is 20.1 Å². The number of nitrogens with one attached hydrogen (secondary N) is 2. The maximum Gasteiger partial charge on any atom is 0.319 e. The molecule has 0 bridgehead atoms. The summed E-state index contributed by atoms with van der Waals surface area (Å²) in [5, 5.41) is 16.7. The maximum atomic E-state index is 13.0. The van der Waals surface area contributed by atoms with E-state index in [0.29, 0.717) is 35.9 Å². The lowest BCUT2D eigenvalue weighted by Gasteiger charge is -2.30. The van der Waals surface area contributed by atoms with Crippen molar-refractivity contribution in [2.45, 2.75) is 59.0 Å². The van der Waals surface area contributed by atoms with Gasteiger partial charge in [-0.25, -0.2) is 4.79 Å². The molecule has 2 N–H and O–H groups in total. The van der Waals surface area contributed by atoms with Gasteiger partial charge in [-0.2, -0.15) is 5.26 Å². The summed E-state index contributed by atoms with van der Waals surface area (Å²) in [7, 11) is 0. The van der Waals surface area contributed by atoms with Gasteiger partial charge in [0.1, 0.15) is 6.07 Å². The second kappa shape index (κ2) is 10.2. The zero-order valence-corrected chi connectivity index (χ0v) is 20.9. The minimum atomic E-state index is -0.251. The summed E-state index contributed by atoms with van der Waals surface area (Å²) < 4.78 is 2.27. The third-order valence-corrected chi connectivity index (χ3v) is 6.69. The van der Waals surface area contributed by atoms with Crippen molar-refractivity contribution in [3.05, 3.63) is 53.6 Å². The van der Waals surface area contributed by atoms with Crippen molar-refractivity contribution >= 4 is 28.5 Å². The first-order valence-corrected chi connectivity index (χ1v) is 12.4. The lowest BCUT2D eigenvalue weighted by Crippen LogP contribution is -2.34. The monoisotopic (exact) mass is 471 g/mol. The zero-order valence-electron chi connectivity index (χ0n) is 20.9. The Bertz CT molecular complexity index is 1280. The van der Waals surface area contributed by atoms with Crippen LogP contribution in [0.1, 0.15) is 68.9 Å². The number of urea groups is 1. The van der Waals surface area contributed by atoms with Crippen LogP contribution in [0.2, 0.25) is 0 Å². The fourth-order valence-corrected chi connectivity index (χ4v) is 4.70. The van der Waals surface area contributed by atoms with Crippen LogP contribution in [0.15, 0.2) is 42.5 Å². The molecule has 35 heavy (non-hydrogen) atoms. The predicted molar refractivity (Wildman–Crippen MR) is 140 cm³/mol. The van der Waals surface area contributed by atoms with Gasteiger partial charge in [0.05, 0.1) is 16.8 Å². The van der Waals surface area contributed by atoms with E-state index in [1.54, 1.807) is 4.90 Å². The Morgan fingerprint density at radius 2 is 1.80 bits per heavy atom. The van der Waals surface area contributed by atoms with Crippen LogP contribution in [0.3, 0.4) is 0 Å². The number of benzene rings is 2. The van der Waals surface area contributed by atoms with Crippen molar-refractivity contribution < 1.29 is 9.59 Å². The molecule has 2 aromatic carbocycles. The number of fused-ring (bicyclic) bond motifs is 1. The highest BCUT2D eigenvalue weighted by molar-refractivity contribution is 6.02. The number of hydrogen-bond acceptors (Lipinski definition) is 3. The Balaban J connectivity index is 1.79. The molecule has 1 aromatic heterocycles. The molecule has 1 aliphatic rings. The quantitative estimate of drug-likeness (QED) is 0.448. The lowest BCUT2D eigenvalue weighted by molar-refractivity contribution is 0.0773. The first-order valence-electron chi connectivity index (χ1n) is 12.4. The highest BCUT2D eigenvalue weighted by atomic mass is 16.2. The molecule has 182 valence electrons. The first kappa shape index (κ1) is 24.3. The number of aromatic nitrogens is 1. The van der Waals surface area contributed by atoms with E-state index in [4.69, 9.17) is 0 Å². The van der Waals surface area contributed by atoms with Crippen LogP contribution < -0.4 is 10.6 Å². The molecular weight excluding hydrogens is 438 g/mol. The molecule has 1 aliphatic carbocycles. The van der Waals surface area contributed by atoms with Crippen molar-refractivity contribution in [2.75, 3.05) is 18.4 Å². The van der Waals surface area contributed by atoms with E-state index in [9.17, 15) is 14.9 Å². The average Bonchev–Trinajstić information content (AvgIpc) is 3.11. The summed E-state index contributed by atoms with van der Waals surface area (Å²) >= 11 is 0. The third-order valence-electron chi connectivity index (χ3n) is 6.69. The van der Waals surface area contributed by atoms with Crippen LogP contribution >= 0.6 is 0 Å². The van der Waals surface area contributed by atoms with E-state index >= 15 is 0 Å². The Morgan fingerprint density at radius 1 is 1.11 bits per heavy atom. The molecule has 0 radical (unpaired) electrons. The Hall–Kier alpha value is -3.79. The molecule has 1 fully saturated rings. The third kappa shape index (κ3) is 4.74. The molecule has 3 amide bonds. The number of anilines is 1. The van der Waals surface area contributed by atoms with Crippen LogP contribution in [0.5, 0.6) is 0 Å². The molecule has 7 nitrogen and oxygen atoms in total. The summed E-state index contributed by atoms with van der Waals surface area (Å²) in [6.45, 7) is 9.04. The molecule has 1 heterocycles. The summed E-state index contributed by atoms with van der Waals surface area (Å²) in [6, 6.07) is 15.9.